The minimum absolute atomic E-state index is 0.0482. The number of aliphatic hydroxyl groups excluding tert-OH is 1. The van der Waals surface area contributed by atoms with Gasteiger partial charge in [0.15, 0.2) is 0 Å². The lowest BCUT2D eigenvalue weighted by atomic mass is 9.74. The number of carbonyl (C=O) groups excluding carboxylic acids is 1. The summed E-state index contributed by atoms with van der Waals surface area (Å²) in [6.45, 7) is 0.0941. The average molecular weight is 313 g/mol. The number of hydrogen-bond acceptors (Lipinski definition) is 3. The van der Waals surface area contributed by atoms with Crippen molar-refractivity contribution >= 4 is 17.5 Å². The Balaban J connectivity index is 1.63. The van der Waals surface area contributed by atoms with Crippen LogP contribution in [0.15, 0.2) is 18.2 Å². The molecule has 114 valence electrons. The van der Waals surface area contributed by atoms with E-state index in [0.717, 1.165) is 12.8 Å². The van der Waals surface area contributed by atoms with Gasteiger partial charge >= 0.3 is 0 Å². The summed E-state index contributed by atoms with van der Waals surface area (Å²) in [4.78, 5) is 12.3. The van der Waals surface area contributed by atoms with Crippen molar-refractivity contribution in [2.45, 2.75) is 44.0 Å². The zero-order valence-electron chi connectivity index (χ0n) is 11.5. The molecule has 3 fully saturated rings. The normalized spacial score (nSPS) is 31.2. The van der Waals surface area contributed by atoms with Crippen molar-refractivity contribution in [2.24, 2.45) is 5.92 Å². The molecule has 2 aliphatic heterocycles. The first-order valence-corrected chi connectivity index (χ1v) is 7.59. The molecule has 4 unspecified atom stereocenters. The summed E-state index contributed by atoms with van der Waals surface area (Å²) in [6.07, 6.45) is 2.12. The van der Waals surface area contributed by atoms with Crippen molar-refractivity contribution < 1.29 is 14.3 Å². The lowest BCUT2D eigenvalue weighted by Gasteiger charge is -2.45. The second-order valence-corrected chi connectivity index (χ2v) is 6.22. The number of aliphatic hydroxyl groups is 1. The zero-order valence-corrected chi connectivity index (χ0v) is 12.2. The third-order valence-corrected chi connectivity index (χ3v) is 4.77. The summed E-state index contributed by atoms with van der Waals surface area (Å²) in [5, 5.41) is 16.0. The van der Waals surface area contributed by atoms with Crippen LogP contribution in [0.5, 0.6) is 0 Å². The third kappa shape index (κ3) is 2.91. The number of carbonyl (C=O) groups is 1. The standard InChI is InChI=1S/C15H18ClFN2O2/c16-11-3-1-2-8(13(11)17)7-18-15(21)14-10-5-4-9(19-14)6-12(10)20/h1-3,9-10,12,14,19-20H,4-7H2,(H,18,21). The lowest BCUT2D eigenvalue weighted by molar-refractivity contribution is -0.130. The number of benzene rings is 1. The van der Waals surface area contributed by atoms with E-state index in [2.05, 4.69) is 10.6 Å². The van der Waals surface area contributed by atoms with Gasteiger partial charge in [0, 0.05) is 24.1 Å². The maximum Gasteiger partial charge on any atom is 0.237 e. The Morgan fingerprint density at radius 1 is 1.48 bits per heavy atom. The van der Waals surface area contributed by atoms with E-state index < -0.39 is 18.0 Å². The quantitative estimate of drug-likeness (QED) is 0.794. The minimum atomic E-state index is -0.502. The fourth-order valence-corrected chi connectivity index (χ4v) is 3.53. The Kier molecular flexibility index (Phi) is 4.15. The molecule has 4 nitrogen and oxygen atoms in total. The van der Waals surface area contributed by atoms with E-state index in [1.807, 2.05) is 0 Å². The van der Waals surface area contributed by atoms with Crippen LogP contribution in [0.4, 0.5) is 4.39 Å². The van der Waals surface area contributed by atoms with Gasteiger partial charge in [0.2, 0.25) is 5.91 Å². The summed E-state index contributed by atoms with van der Waals surface area (Å²) in [6, 6.07) is 4.52. The smallest absolute Gasteiger partial charge is 0.237 e. The first-order valence-electron chi connectivity index (χ1n) is 7.21. The Bertz CT molecular complexity index is 554. The maximum atomic E-state index is 13.8. The Morgan fingerprint density at radius 3 is 3.00 bits per heavy atom. The van der Waals surface area contributed by atoms with Crippen LogP contribution < -0.4 is 10.6 Å². The van der Waals surface area contributed by atoms with Crippen molar-refractivity contribution in [3.8, 4) is 0 Å². The lowest BCUT2D eigenvalue weighted by Crippen LogP contribution is -2.63. The third-order valence-electron chi connectivity index (χ3n) is 4.48. The van der Waals surface area contributed by atoms with Crippen LogP contribution in [0.2, 0.25) is 5.02 Å². The van der Waals surface area contributed by atoms with Gasteiger partial charge in [-0.25, -0.2) is 4.39 Å². The van der Waals surface area contributed by atoms with E-state index in [0.29, 0.717) is 12.0 Å². The van der Waals surface area contributed by atoms with Crippen LogP contribution in [0.3, 0.4) is 0 Å². The van der Waals surface area contributed by atoms with Gasteiger partial charge in [-0.1, -0.05) is 23.7 Å². The minimum Gasteiger partial charge on any atom is -0.393 e. The molecule has 2 saturated heterocycles. The van der Waals surface area contributed by atoms with Gasteiger partial charge in [0.1, 0.15) is 5.82 Å². The Hall–Kier alpha value is -1.17. The van der Waals surface area contributed by atoms with E-state index in [1.54, 1.807) is 12.1 Å². The molecule has 1 aliphatic carbocycles. The molecule has 1 saturated carbocycles. The molecular formula is C15H18ClFN2O2. The molecule has 2 heterocycles. The number of piperidine rings is 2. The summed E-state index contributed by atoms with van der Waals surface area (Å²) in [5.41, 5.74) is 0.359. The van der Waals surface area contributed by atoms with Crippen molar-refractivity contribution in [3.63, 3.8) is 0 Å². The molecule has 4 atom stereocenters. The highest BCUT2D eigenvalue weighted by Gasteiger charge is 2.44. The summed E-state index contributed by atoms with van der Waals surface area (Å²) in [7, 11) is 0. The van der Waals surface area contributed by atoms with Gasteiger partial charge < -0.3 is 15.7 Å². The molecule has 21 heavy (non-hydrogen) atoms. The van der Waals surface area contributed by atoms with E-state index in [1.165, 1.54) is 6.07 Å². The molecule has 3 N–H and O–H groups in total. The van der Waals surface area contributed by atoms with Gasteiger partial charge in [-0.05, 0) is 25.3 Å². The van der Waals surface area contributed by atoms with Crippen LogP contribution in [-0.4, -0.2) is 29.2 Å². The van der Waals surface area contributed by atoms with Crippen LogP contribution >= 0.6 is 11.6 Å². The first kappa shape index (κ1) is 14.8. The largest absolute Gasteiger partial charge is 0.393 e. The van der Waals surface area contributed by atoms with Gasteiger partial charge in [-0.15, -0.1) is 0 Å². The topological polar surface area (TPSA) is 61.4 Å². The number of amides is 1. The first-order chi connectivity index (χ1) is 10.1. The van der Waals surface area contributed by atoms with Gasteiger partial charge in [0.05, 0.1) is 17.2 Å². The maximum absolute atomic E-state index is 13.8. The van der Waals surface area contributed by atoms with E-state index >= 15 is 0 Å². The highest BCUT2D eigenvalue weighted by molar-refractivity contribution is 6.30. The predicted octanol–water partition coefficient (Wildman–Crippen LogP) is 1.60. The molecule has 1 aromatic rings. The molecule has 1 amide bonds. The summed E-state index contributed by atoms with van der Waals surface area (Å²) >= 11 is 5.72. The number of nitrogens with one attached hydrogen (secondary N) is 2. The highest BCUT2D eigenvalue weighted by atomic mass is 35.5. The molecule has 0 radical (unpaired) electrons. The molecule has 2 bridgehead atoms. The molecular weight excluding hydrogens is 295 g/mol. The van der Waals surface area contributed by atoms with Crippen molar-refractivity contribution in [2.75, 3.05) is 0 Å². The zero-order chi connectivity index (χ0) is 15.0. The van der Waals surface area contributed by atoms with Crippen LogP contribution in [0.1, 0.15) is 24.8 Å². The van der Waals surface area contributed by atoms with E-state index in [-0.39, 0.29) is 29.4 Å². The van der Waals surface area contributed by atoms with Crippen LogP contribution in [0.25, 0.3) is 0 Å². The fourth-order valence-electron chi connectivity index (χ4n) is 3.34. The Labute approximate surface area is 127 Å². The van der Waals surface area contributed by atoms with Gasteiger partial charge in [0.25, 0.3) is 0 Å². The van der Waals surface area contributed by atoms with E-state index in [4.69, 9.17) is 11.6 Å². The molecule has 1 aromatic carbocycles. The predicted molar refractivity (Wildman–Crippen MR) is 77.3 cm³/mol. The second-order valence-electron chi connectivity index (χ2n) is 5.82. The molecule has 4 rings (SSSR count). The van der Waals surface area contributed by atoms with Crippen molar-refractivity contribution in [1.82, 2.24) is 10.6 Å². The SMILES string of the molecule is O=C(NCc1cccc(Cl)c1F)C1NC2CCC1C(O)C2. The molecule has 0 spiro atoms. The van der Waals surface area contributed by atoms with Crippen LogP contribution in [0, 0.1) is 11.7 Å². The second kappa shape index (κ2) is 5.91. The van der Waals surface area contributed by atoms with Gasteiger partial charge in [-0.2, -0.15) is 0 Å². The number of hydrogen-bond donors (Lipinski definition) is 3. The monoisotopic (exact) mass is 312 g/mol. The number of fused-ring (bicyclic) bond motifs is 3. The number of rotatable bonds is 3. The van der Waals surface area contributed by atoms with Crippen LogP contribution in [-0.2, 0) is 11.3 Å². The molecule has 3 aliphatic rings. The van der Waals surface area contributed by atoms with E-state index in [9.17, 15) is 14.3 Å². The number of halogens is 2. The molecule has 0 aromatic heterocycles. The van der Waals surface area contributed by atoms with Crippen molar-refractivity contribution in [3.05, 3.63) is 34.6 Å². The fraction of sp³-hybridized carbons (Fsp3) is 0.533. The van der Waals surface area contributed by atoms with Gasteiger partial charge in [-0.3, -0.25) is 4.79 Å². The average Bonchev–Trinajstić information content (AvgIpc) is 2.48. The summed E-state index contributed by atoms with van der Waals surface area (Å²) < 4.78 is 13.8. The molecule has 6 heteroatoms. The Morgan fingerprint density at radius 2 is 2.29 bits per heavy atom. The summed E-state index contributed by atoms with van der Waals surface area (Å²) in [5.74, 6) is -0.750. The van der Waals surface area contributed by atoms with Crippen molar-refractivity contribution in [1.29, 1.82) is 0 Å². The highest BCUT2D eigenvalue weighted by Crippen LogP contribution is 2.33.